The molecule has 4 unspecified atom stereocenters. The lowest BCUT2D eigenvalue weighted by Crippen LogP contribution is -2.30. The van der Waals surface area contributed by atoms with Crippen LogP contribution in [0, 0.1) is 23.7 Å². The van der Waals surface area contributed by atoms with Gasteiger partial charge in [0.1, 0.15) is 19.3 Å². The summed E-state index contributed by atoms with van der Waals surface area (Å²) in [6, 6.07) is 0. The van der Waals surface area contributed by atoms with Crippen molar-refractivity contribution in [2.24, 2.45) is 23.7 Å². The summed E-state index contributed by atoms with van der Waals surface area (Å²) in [4.78, 5) is 72.9. The van der Waals surface area contributed by atoms with E-state index >= 15 is 0 Å². The minimum Gasteiger partial charge on any atom is -0.462 e. The largest absolute Gasteiger partial charge is 0.472 e. The highest BCUT2D eigenvalue weighted by atomic mass is 31.2. The molecule has 0 bridgehead atoms. The highest BCUT2D eigenvalue weighted by molar-refractivity contribution is 7.47. The van der Waals surface area contributed by atoms with Crippen LogP contribution in [0.25, 0.3) is 0 Å². The standard InChI is InChI=1S/C79H154O17P2/c1-9-71(7)57-49-41-33-26-22-17-15-13-11-12-14-16-18-23-27-35-45-53-61-78(83)95-74(65-89-76(81)59-51-43-34-30-29-32-40-48-56-70(5)6)67-93-97(85,86)91-63-73(80)64-92-98(87,88)94-68-75(66-90-77(82)60-52-44-38-37-42-50-58-72(8)10-2)96-79(84)62-54-46-36-28-24-20-19-21-25-31-39-47-55-69(3)4/h69-75,80H,9-68H2,1-8H3,(H,85,86)(H,87,88)/t71?,72?,73-,74-,75-/m1/s1. The minimum absolute atomic E-state index is 0.106. The molecule has 0 radical (unpaired) electrons. The molecule has 582 valence electrons. The van der Waals surface area contributed by atoms with Gasteiger partial charge in [0, 0.05) is 25.7 Å². The number of ether oxygens (including phenoxy) is 4. The second-order valence-electron chi connectivity index (χ2n) is 29.9. The summed E-state index contributed by atoms with van der Waals surface area (Å²) in [7, 11) is -9.92. The zero-order valence-electron chi connectivity index (χ0n) is 64.4. The number of phosphoric ester groups is 2. The number of phosphoric acid groups is 2. The molecule has 0 saturated heterocycles. The first-order valence-electron chi connectivity index (χ1n) is 40.8. The maximum atomic E-state index is 13.1. The fourth-order valence-electron chi connectivity index (χ4n) is 12.0. The molecule has 19 heteroatoms. The summed E-state index contributed by atoms with van der Waals surface area (Å²) >= 11 is 0. The smallest absolute Gasteiger partial charge is 0.462 e. The Morgan fingerprint density at radius 3 is 0.724 bits per heavy atom. The first-order chi connectivity index (χ1) is 47.2. The molecule has 0 rings (SSSR count). The van der Waals surface area contributed by atoms with E-state index < -0.39 is 97.5 Å². The Labute approximate surface area is 600 Å². The van der Waals surface area contributed by atoms with Crippen molar-refractivity contribution in [1.82, 2.24) is 0 Å². The second-order valence-corrected chi connectivity index (χ2v) is 32.8. The zero-order valence-corrected chi connectivity index (χ0v) is 66.2. The van der Waals surface area contributed by atoms with E-state index in [1.54, 1.807) is 0 Å². The van der Waals surface area contributed by atoms with Crippen molar-refractivity contribution >= 4 is 39.5 Å². The molecule has 0 spiro atoms. The van der Waals surface area contributed by atoms with Crippen LogP contribution >= 0.6 is 15.6 Å². The maximum Gasteiger partial charge on any atom is 0.472 e. The number of carbonyl (C=O) groups is 4. The summed E-state index contributed by atoms with van der Waals surface area (Å²) in [6.07, 6.45) is 54.2. The zero-order chi connectivity index (χ0) is 72.4. The average Bonchev–Trinajstić information content (AvgIpc) is 1.03. The highest BCUT2D eigenvalue weighted by Crippen LogP contribution is 2.45. The third kappa shape index (κ3) is 69.8. The Balaban J connectivity index is 5.19. The van der Waals surface area contributed by atoms with Crippen molar-refractivity contribution in [3.63, 3.8) is 0 Å². The van der Waals surface area contributed by atoms with Gasteiger partial charge >= 0.3 is 39.5 Å². The number of aliphatic hydroxyl groups excluding tert-OH is 1. The molecule has 7 atom stereocenters. The van der Waals surface area contributed by atoms with E-state index in [2.05, 4.69) is 55.4 Å². The molecule has 0 aliphatic heterocycles. The summed E-state index contributed by atoms with van der Waals surface area (Å²) in [5.41, 5.74) is 0. The van der Waals surface area contributed by atoms with E-state index in [9.17, 15) is 43.2 Å². The van der Waals surface area contributed by atoms with Crippen LogP contribution in [-0.4, -0.2) is 96.7 Å². The van der Waals surface area contributed by atoms with Crippen molar-refractivity contribution in [2.75, 3.05) is 39.6 Å². The molecule has 98 heavy (non-hydrogen) atoms. The number of hydrogen-bond donors (Lipinski definition) is 3. The Morgan fingerprint density at radius 2 is 0.490 bits per heavy atom. The summed E-state index contributed by atoms with van der Waals surface area (Å²) in [5, 5.41) is 10.6. The molecule has 0 aromatic carbocycles. The lowest BCUT2D eigenvalue weighted by molar-refractivity contribution is -0.161. The number of hydrogen-bond acceptors (Lipinski definition) is 15. The molecule has 0 fully saturated rings. The molecule has 17 nitrogen and oxygen atoms in total. The molecule has 0 aromatic rings. The molecule has 0 saturated carbocycles. The van der Waals surface area contributed by atoms with E-state index in [1.165, 1.54) is 199 Å². The first kappa shape index (κ1) is 96.1. The Kier molecular flexibility index (Phi) is 66.8. The van der Waals surface area contributed by atoms with Gasteiger partial charge < -0.3 is 33.8 Å². The molecular formula is C79H154O17P2. The number of unbranched alkanes of at least 4 members (excludes halogenated alkanes) is 40. The van der Waals surface area contributed by atoms with E-state index in [0.29, 0.717) is 25.7 Å². The molecule has 0 heterocycles. The molecule has 0 aromatic heterocycles. The van der Waals surface area contributed by atoms with Gasteiger partial charge in [0.05, 0.1) is 26.4 Å². The average molecular weight is 1440 g/mol. The van der Waals surface area contributed by atoms with Crippen LogP contribution in [0.15, 0.2) is 0 Å². The molecule has 0 aliphatic rings. The highest BCUT2D eigenvalue weighted by Gasteiger charge is 2.30. The quantitative estimate of drug-likeness (QED) is 0.0222. The van der Waals surface area contributed by atoms with E-state index in [1.807, 2.05) is 0 Å². The van der Waals surface area contributed by atoms with Crippen LogP contribution in [0.2, 0.25) is 0 Å². The lowest BCUT2D eigenvalue weighted by Gasteiger charge is -2.21. The summed E-state index contributed by atoms with van der Waals surface area (Å²) < 4.78 is 68.6. The van der Waals surface area contributed by atoms with Crippen molar-refractivity contribution in [2.45, 2.75) is 420 Å². The predicted molar refractivity (Wildman–Crippen MR) is 400 cm³/mol. The van der Waals surface area contributed by atoms with Crippen molar-refractivity contribution in [1.29, 1.82) is 0 Å². The van der Waals surface area contributed by atoms with Crippen molar-refractivity contribution in [3.05, 3.63) is 0 Å². The fourth-order valence-corrected chi connectivity index (χ4v) is 13.6. The third-order valence-electron chi connectivity index (χ3n) is 19.0. The predicted octanol–water partition coefficient (Wildman–Crippen LogP) is 23.2. The monoisotopic (exact) mass is 1440 g/mol. The molecule has 0 amide bonds. The fraction of sp³-hybridized carbons (Fsp3) is 0.949. The Morgan fingerprint density at radius 1 is 0.286 bits per heavy atom. The van der Waals surface area contributed by atoms with E-state index in [-0.39, 0.29) is 25.7 Å². The number of aliphatic hydroxyl groups is 1. The third-order valence-corrected chi connectivity index (χ3v) is 20.9. The topological polar surface area (TPSA) is 237 Å². The lowest BCUT2D eigenvalue weighted by atomic mass is 9.99. The van der Waals surface area contributed by atoms with Gasteiger partial charge in [-0.15, -0.1) is 0 Å². The van der Waals surface area contributed by atoms with E-state index in [4.69, 9.17) is 37.0 Å². The minimum atomic E-state index is -4.96. The van der Waals surface area contributed by atoms with Gasteiger partial charge in [-0.1, -0.05) is 351 Å². The van der Waals surface area contributed by atoms with Gasteiger partial charge in [-0.2, -0.15) is 0 Å². The molecule has 0 aliphatic carbocycles. The van der Waals surface area contributed by atoms with Gasteiger partial charge in [0.25, 0.3) is 0 Å². The molecular weight excluding hydrogens is 1280 g/mol. The van der Waals surface area contributed by atoms with Crippen LogP contribution in [0.3, 0.4) is 0 Å². The van der Waals surface area contributed by atoms with Gasteiger partial charge in [-0.3, -0.25) is 37.3 Å². The normalized spacial score (nSPS) is 14.6. The van der Waals surface area contributed by atoms with Gasteiger partial charge in [0.15, 0.2) is 12.2 Å². The van der Waals surface area contributed by atoms with Crippen LogP contribution in [0.4, 0.5) is 0 Å². The Hall–Kier alpha value is -1.94. The van der Waals surface area contributed by atoms with Crippen LogP contribution < -0.4 is 0 Å². The van der Waals surface area contributed by atoms with Crippen molar-refractivity contribution in [3.8, 4) is 0 Å². The van der Waals surface area contributed by atoms with Crippen LogP contribution in [0.5, 0.6) is 0 Å². The van der Waals surface area contributed by atoms with Crippen molar-refractivity contribution < 1.29 is 80.2 Å². The van der Waals surface area contributed by atoms with Gasteiger partial charge in [0.2, 0.25) is 0 Å². The number of rotatable bonds is 76. The number of carbonyl (C=O) groups excluding carboxylic acids is 4. The molecule has 3 N–H and O–H groups in total. The van der Waals surface area contributed by atoms with Crippen LogP contribution in [-0.2, 0) is 65.4 Å². The second kappa shape index (κ2) is 68.2. The summed E-state index contributed by atoms with van der Waals surface area (Å²) in [5.74, 6) is 0.985. The van der Waals surface area contributed by atoms with Gasteiger partial charge in [-0.05, 0) is 49.4 Å². The first-order valence-corrected chi connectivity index (χ1v) is 43.8. The summed E-state index contributed by atoms with van der Waals surface area (Å²) in [6.45, 7) is 14.2. The Bertz CT molecular complexity index is 1920. The SMILES string of the molecule is CCC(C)CCCCCCCCCCCCCCCCCCCCC(=O)O[C@H](COC(=O)CCCCCCCCCCC(C)C)COP(=O)(O)OC[C@@H](O)COP(=O)(O)OC[C@@H](COC(=O)CCCCCCCCC(C)CC)OC(=O)CCCCCCCCCCCCCCC(C)C. The van der Waals surface area contributed by atoms with Gasteiger partial charge in [-0.25, -0.2) is 9.13 Å². The maximum absolute atomic E-state index is 13.1. The van der Waals surface area contributed by atoms with Crippen LogP contribution in [0.1, 0.15) is 402 Å². The number of esters is 4. The van der Waals surface area contributed by atoms with E-state index in [0.717, 1.165) is 120 Å².